The topological polar surface area (TPSA) is 70.2 Å². The normalized spacial score (nSPS) is 20.7. The Hall–Kier alpha value is -1.10. The molecule has 0 aromatic rings. The summed E-state index contributed by atoms with van der Waals surface area (Å²) in [6, 6.07) is 0.389. The van der Waals surface area contributed by atoms with E-state index in [9.17, 15) is 9.59 Å². The second-order valence-corrected chi connectivity index (χ2v) is 3.86. The van der Waals surface area contributed by atoms with E-state index in [1.807, 2.05) is 0 Å². The molecule has 5 heteroatoms. The Kier molecular flexibility index (Phi) is 5.10. The average Bonchev–Trinajstić information content (AvgIpc) is 2.25. The van der Waals surface area contributed by atoms with Crippen molar-refractivity contribution in [2.24, 2.45) is 0 Å². The van der Waals surface area contributed by atoms with Crippen molar-refractivity contribution in [3.8, 4) is 0 Å². The van der Waals surface area contributed by atoms with Gasteiger partial charge in [0.05, 0.1) is 6.54 Å². The second kappa shape index (κ2) is 6.40. The van der Waals surface area contributed by atoms with E-state index < -0.39 is 0 Å². The van der Waals surface area contributed by atoms with Gasteiger partial charge in [-0.25, -0.2) is 0 Å². The smallest absolute Gasteiger partial charge is 0.239 e. The number of carbonyl (C=O) groups excluding carboxylic acids is 2. The fraction of sp³-hybridized carbons (Fsp3) is 0.800. The molecule has 1 rings (SSSR count). The number of nitrogens with one attached hydrogen (secondary N) is 3. The molecule has 0 radical (unpaired) electrons. The standard InChI is InChI=1S/C10H19N3O2/c1-8(14)12-7-10(15)13-6-9-4-2-3-5-11-9/h9,11H,2-7H2,1H3,(H,12,14)(H,13,15). The van der Waals surface area contributed by atoms with Crippen molar-refractivity contribution in [1.82, 2.24) is 16.0 Å². The van der Waals surface area contributed by atoms with E-state index in [1.54, 1.807) is 0 Å². The summed E-state index contributed by atoms with van der Waals surface area (Å²) in [5, 5.41) is 8.59. The van der Waals surface area contributed by atoms with E-state index in [0.717, 1.165) is 13.0 Å². The molecule has 0 aliphatic carbocycles. The summed E-state index contributed by atoms with van der Waals surface area (Å²) in [6.07, 6.45) is 3.55. The molecular weight excluding hydrogens is 194 g/mol. The van der Waals surface area contributed by atoms with Crippen LogP contribution in [0.4, 0.5) is 0 Å². The lowest BCUT2D eigenvalue weighted by atomic mass is 10.1. The summed E-state index contributed by atoms with van der Waals surface area (Å²) in [6.45, 7) is 3.16. The van der Waals surface area contributed by atoms with Gasteiger partial charge in [0, 0.05) is 19.5 Å². The molecule has 86 valence electrons. The minimum Gasteiger partial charge on any atom is -0.353 e. The minimum absolute atomic E-state index is 0.0715. The molecule has 15 heavy (non-hydrogen) atoms. The molecule has 1 atom stereocenters. The van der Waals surface area contributed by atoms with Crippen LogP contribution in [0.1, 0.15) is 26.2 Å². The third-order valence-electron chi connectivity index (χ3n) is 2.46. The number of hydrogen-bond acceptors (Lipinski definition) is 3. The Bertz CT molecular complexity index is 225. The van der Waals surface area contributed by atoms with Crippen molar-refractivity contribution in [1.29, 1.82) is 0 Å². The molecule has 1 aliphatic heterocycles. The van der Waals surface area contributed by atoms with Crippen LogP contribution in [-0.2, 0) is 9.59 Å². The zero-order valence-corrected chi connectivity index (χ0v) is 9.14. The molecule has 0 bridgehead atoms. The molecular formula is C10H19N3O2. The summed E-state index contributed by atoms with van der Waals surface area (Å²) in [4.78, 5) is 21.8. The van der Waals surface area contributed by atoms with Crippen LogP contribution in [0.2, 0.25) is 0 Å². The predicted molar refractivity (Wildman–Crippen MR) is 57.3 cm³/mol. The van der Waals surface area contributed by atoms with Crippen LogP contribution < -0.4 is 16.0 Å². The van der Waals surface area contributed by atoms with Gasteiger partial charge in [0.2, 0.25) is 11.8 Å². The molecule has 1 fully saturated rings. The maximum absolute atomic E-state index is 11.2. The summed E-state index contributed by atoms with van der Waals surface area (Å²) < 4.78 is 0. The summed E-state index contributed by atoms with van der Waals surface area (Å²) in [5.41, 5.74) is 0. The molecule has 0 spiro atoms. The quantitative estimate of drug-likeness (QED) is 0.583. The van der Waals surface area contributed by atoms with E-state index >= 15 is 0 Å². The number of amides is 2. The Morgan fingerprint density at radius 2 is 2.13 bits per heavy atom. The first-order chi connectivity index (χ1) is 7.18. The van der Waals surface area contributed by atoms with Crippen molar-refractivity contribution >= 4 is 11.8 Å². The SMILES string of the molecule is CC(=O)NCC(=O)NCC1CCCCN1. The Balaban J connectivity index is 2.07. The van der Waals surface area contributed by atoms with Crippen molar-refractivity contribution < 1.29 is 9.59 Å². The third-order valence-corrected chi connectivity index (χ3v) is 2.46. The largest absolute Gasteiger partial charge is 0.353 e. The number of hydrogen-bond donors (Lipinski definition) is 3. The summed E-state index contributed by atoms with van der Waals surface area (Å²) >= 11 is 0. The fourth-order valence-electron chi connectivity index (χ4n) is 1.60. The van der Waals surface area contributed by atoms with Gasteiger partial charge >= 0.3 is 0 Å². The lowest BCUT2D eigenvalue weighted by Crippen LogP contribution is -2.45. The van der Waals surface area contributed by atoms with Crippen LogP contribution >= 0.6 is 0 Å². The first kappa shape index (κ1) is 12.0. The number of carbonyl (C=O) groups is 2. The van der Waals surface area contributed by atoms with E-state index in [-0.39, 0.29) is 18.4 Å². The van der Waals surface area contributed by atoms with Gasteiger partial charge < -0.3 is 16.0 Å². The van der Waals surface area contributed by atoms with E-state index in [4.69, 9.17) is 0 Å². The highest BCUT2D eigenvalue weighted by Crippen LogP contribution is 2.05. The van der Waals surface area contributed by atoms with Crippen molar-refractivity contribution in [2.75, 3.05) is 19.6 Å². The highest BCUT2D eigenvalue weighted by molar-refractivity contribution is 5.83. The van der Waals surface area contributed by atoms with Gasteiger partial charge in [-0.3, -0.25) is 9.59 Å². The molecule has 1 saturated heterocycles. The molecule has 2 amide bonds. The van der Waals surface area contributed by atoms with Crippen LogP contribution in [0.3, 0.4) is 0 Å². The van der Waals surface area contributed by atoms with Crippen LogP contribution in [0.15, 0.2) is 0 Å². The molecule has 0 saturated carbocycles. The Morgan fingerprint density at radius 3 is 2.73 bits per heavy atom. The molecule has 1 unspecified atom stereocenters. The van der Waals surface area contributed by atoms with Crippen LogP contribution in [0.5, 0.6) is 0 Å². The number of rotatable bonds is 4. The Morgan fingerprint density at radius 1 is 1.33 bits per heavy atom. The van der Waals surface area contributed by atoms with E-state index in [0.29, 0.717) is 12.6 Å². The molecule has 5 nitrogen and oxygen atoms in total. The monoisotopic (exact) mass is 213 g/mol. The average molecular weight is 213 g/mol. The van der Waals surface area contributed by atoms with E-state index in [1.165, 1.54) is 19.8 Å². The van der Waals surface area contributed by atoms with Crippen LogP contribution in [0.25, 0.3) is 0 Å². The van der Waals surface area contributed by atoms with Gasteiger partial charge in [-0.15, -0.1) is 0 Å². The van der Waals surface area contributed by atoms with Gasteiger partial charge in [0.1, 0.15) is 0 Å². The van der Waals surface area contributed by atoms with Crippen LogP contribution in [0, 0.1) is 0 Å². The molecule has 1 heterocycles. The highest BCUT2D eigenvalue weighted by Gasteiger charge is 2.12. The fourth-order valence-corrected chi connectivity index (χ4v) is 1.60. The first-order valence-corrected chi connectivity index (χ1v) is 5.43. The Labute approximate surface area is 90.0 Å². The first-order valence-electron chi connectivity index (χ1n) is 5.43. The maximum atomic E-state index is 11.2. The van der Waals surface area contributed by atoms with Gasteiger partial charge in [-0.2, -0.15) is 0 Å². The van der Waals surface area contributed by atoms with Gasteiger partial charge in [-0.05, 0) is 19.4 Å². The minimum atomic E-state index is -0.180. The summed E-state index contributed by atoms with van der Waals surface area (Å²) in [7, 11) is 0. The molecule has 3 N–H and O–H groups in total. The van der Waals surface area contributed by atoms with Crippen molar-refractivity contribution in [3.05, 3.63) is 0 Å². The number of piperidine rings is 1. The highest BCUT2D eigenvalue weighted by atomic mass is 16.2. The van der Waals surface area contributed by atoms with E-state index in [2.05, 4.69) is 16.0 Å². The lowest BCUT2D eigenvalue weighted by Gasteiger charge is -2.23. The van der Waals surface area contributed by atoms with Gasteiger partial charge in [0.25, 0.3) is 0 Å². The predicted octanol–water partition coefficient (Wildman–Crippen LogP) is -0.619. The maximum Gasteiger partial charge on any atom is 0.239 e. The molecule has 0 aromatic heterocycles. The van der Waals surface area contributed by atoms with Crippen molar-refractivity contribution in [2.45, 2.75) is 32.2 Å². The zero-order chi connectivity index (χ0) is 11.1. The third kappa shape index (κ3) is 5.37. The molecule has 1 aliphatic rings. The summed E-state index contributed by atoms with van der Waals surface area (Å²) in [5.74, 6) is -0.307. The van der Waals surface area contributed by atoms with Crippen LogP contribution in [-0.4, -0.2) is 37.5 Å². The molecule has 0 aromatic carbocycles. The second-order valence-electron chi connectivity index (χ2n) is 3.86. The van der Waals surface area contributed by atoms with Gasteiger partial charge in [-0.1, -0.05) is 6.42 Å². The van der Waals surface area contributed by atoms with Crippen molar-refractivity contribution in [3.63, 3.8) is 0 Å². The zero-order valence-electron chi connectivity index (χ0n) is 9.14. The lowest BCUT2D eigenvalue weighted by molar-refractivity contribution is -0.125. The van der Waals surface area contributed by atoms with Gasteiger partial charge in [0.15, 0.2) is 0 Å².